The molecule has 0 aliphatic rings. The number of anilines is 1. The molecule has 0 radical (unpaired) electrons. The lowest BCUT2D eigenvalue weighted by molar-refractivity contribution is -0.116. The average Bonchev–Trinajstić information content (AvgIpc) is 2.94. The largest absolute Gasteiger partial charge is 0.497 e. The Kier molecular flexibility index (Phi) is 4.06. The summed E-state index contributed by atoms with van der Waals surface area (Å²) in [6.07, 6.45) is 1.92. The van der Waals surface area contributed by atoms with Crippen LogP contribution in [0.3, 0.4) is 0 Å². The summed E-state index contributed by atoms with van der Waals surface area (Å²) in [6.45, 7) is 4.34. The predicted octanol–water partition coefficient (Wildman–Crippen LogP) is 3.91. The molecular weight excluding hydrogens is 288 g/mol. The van der Waals surface area contributed by atoms with Crippen LogP contribution in [-0.4, -0.2) is 17.6 Å². The zero-order valence-electron chi connectivity index (χ0n) is 13.6. The van der Waals surface area contributed by atoms with Gasteiger partial charge < -0.3 is 14.6 Å². The number of carbonyl (C=O) groups excluding carboxylic acids is 1. The zero-order valence-corrected chi connectivity index (χ0v) is 13.6. The molecule has 118 valence electrons. The van der Waals surface area contributed by atoms with Gasteiger partial charge in [-0.3, -0.25) is 4.79 Å². The number of nitrogens with zero attached hydrogens (tertiary/aromatic N) is 1. The Morgan fingerprint density at radius 2 is 2.00 bits per heavy atom. The number of aryl methyl sites for hydroxylation is 1. The first kappa shape index (κ1) is 15.2. The van der Waals surface area contributed by atoms with Gasteiger partial charge in [0.05, 0.1) is 7.11 Å². The molecule has 0 unspecified atom stereocenters. The van der Waals surface area contributed by atoms with E-state index in [-0.39, 0.29) is 12.5 Å². The number of carbonyl (C=O) groups is 1. The highest BCUT2D eigenvalue weighted by molar-refractivity contribution is 5.93. The molecule has 0 spiro atoms. The average molecular weight is 308 g/mol. The minimum atomic E-state index is -0.0352. The maximum Gasteiger partial charge on any atom is 0.244 e. The molecule has 1 aromatic heterocycles. The summed E-state index contributed by atoms with van der Waals surface area (Å²) < 4.78 is 7.17. The second-order valence-corrected chi connectivity index (χ2v) is 5.66. The SMILES string of the molecule is COc1ccc2c(ccn2CC(=O)Nc2cccc(C)c2C)c1. The number of hydrogen-bond donors (Lipinski definition) is 1. The van der Waals surface area contributed by atoms with Crippen molar-refractivity contribution in [3.63, 3.8) is 0 Å². The number of rotatable bonds is 4. The molecule has 0 atom stereocenters. The number of fused-ring (bicyclic) bond motifs is 1. The van der Waals surface area contributed by atoms with Gasteiger partial charge in [0.25, 0.3) is 0 Å². The predicted molar refractivity (Wildman–Crippen MR) is 93.0 cm³/mol. The van der Waals surface area contributed by atoms with Gasteiger partial charge in [-0.25, -0.2) is 0 Å². The maximum atomic E-state index is 12.4. The van der Waals surface area contributed by atoms with E-state index in [1.165, 1.54) is 5.56 Å². The lowest BCUT2D eigenvalue weighted by atomic mass is 10.1. The third-order valence-corrected chi connectivity index (χ3v) is 4.17. The second kappa shape index (κ2) is 6.16. The molecule has 0 bridgehead atoms. The first-order chi connectivity index (χ1) is 11.1. The number of aromatic nitrogens is 1. The highest BCUT2D eigenvalue weighted by Crippen LogP contribution is 2.22. The maximum absolute atomic E-state index is 12.4. The topological polar surface area (TPSA) is 43.3 Å². The van der Waals surface area contributed by atoms with E-state index in [9.17, 15) is 4.79 Å². The molecule has 0 aliphatic carbocycles. The van der Waals surface area contributed by atoms with Crippen molar-refractivity contribution in [1.82, 2.24) is 4.57 Å². The molecule has 4 nitrogen and oxygen atoms in total. The van der Waals surface area contributed by atoms with E-state index in [1.54, 1.807) is 7.11 Å². The monoisotopic (exact) mass is 308 g/mol. The summed E-state index contributed by atoms with van der Waals surface area (Å²) in [7, 11) is 1.65. The summed E-state index contributed by atoms with van der Waals surface area (Å²) >= 11 is 0. The van der Waals surface area contributed by atoms with Crippen molar-refractivity contribution in [3.8, 4) is 5.75 Å². The Labute approximate surface area is 135 Å². The number of hydrogen-bond acceptors (Lipinski definition) is 2. The van der Waals surface area contributed by atoms with E-state index in [2.05, 4.69) is 5.32 Å². The minimum absolute atomic E-state index is 0.0352. The van der Waals surface area contributed by atoms with Crippen LogP contribution in [0.25, 0.3) is 10.9 Å². The highest BCUT2D eigenvalue weighted by atomic mass is 16.5. The van der Waals surface area contributed by atoms with Gasteiger partial charge in [-0.2, -0.15) is 0 Å². The Morgan fingerprint density at radius 1 is 1.17 bits per heavy atom. The van der Waals surface area contributed by atoms with E-state index in [1.807, 2.05) is 67.1 Å². The molecule has 3 aromatic rings. The molecule has 0 aliphatic heterocycles. The first-order valence-electron chi connectivity index (χ1n) is 7.57. The van der Waals surface area contributed by atoms with Crippen molar-refractivity contribution in [2.45, 2.75) is 20.4 Å². The quantitative estimate of drug-likeness (QED) is 0.794. The zero-order chi connectivity index (χ0) is 16.4. The molecule has 0 fully saturated rings. The van der Waals surface area contributed by atoms with Crippen LogP contribution in [-0.2, 0) is 11.3 Å². The van der Waals surface area contributed by atoms with Crippen LogP contribution >= 0.6 is 0 Å². The smallest absolute Gasteiger partial charge is 0.244 e. The second-order valence-electron chi connectivity index (χ2n) is 5.66. The van der Waals surface area contributed by atoms with Crippen molar-refractivity contribution >= 4 is 22.5 Å². The van der Waals surface area contributed by atoms with E-state index < -0.39 is 0 Å². The Balaban J connectivity index is 1.79. The molecule has 1 amide bonds. The fraction of sp³-hybridized carbons (Fsp3) is 0.211. The van der Waals surface area contributed by atoms with Gasteiger partial charge in [0.2, 0.25) is 5.91 Å². The van der Waals surface area contributed by atoms with E-state index >= 15 is 0 Å². The van der Waals surface area contributed by atoms with Gasteiger partial charge in [-0.1, -0.05) is 12.1 Å². The fourth-order valence-electron chi connectivity index (χ4n) is 2.67. The van der Waals surface area contributed by atoms with Gasteiger partial charge in [0.15, 0.2) is 0 Å². The molecule has 0 saturated heterocycles. The highest BCUT2D eigenvalue weighted by Gasteiger charge is 2.09. The lowest BCUT2D eigenvalue weighted by Gasteiger charge is -2.11. The molecule has 3 rings (SSSR count). The molecule has 2 aromatic carbocycles. The summed E-state index contributed by atoms with van der Waals surface area (Å²) in [4.78, 5) is 12.4. The number of methoxy groups -OCH3 is 1. The number of amides is 1. The van der Waals surface area contributed by atoms with Gasteiger partial charge >= 0.3 is 0 Å². The molecule has 23 heavy (non-hydrogen) atoms. The van der Waals surface area contributed by atoms with Crippen LogP contribution in [0, 0.1) is 13.8 Å². The van der Waals surface area contributed by atoms with Crippen LogP contribution in [0.15, 0.2) is 48.7 Å². The van der Waals surface area contributed by atoms with E-state index in [0.717, 1.165) is 27.9 Å². The van der Waals surface area contributed by atoms with Gasteiger partial charge in [-0.05, 0) is 55.3 Å². The molecule has 4 heteroatoms. The van der Waals surface area contributed by atoms with Crippen LogP contribution in [0.2, 0.25) is 0 Å². The third-order valence-electron chi connectivity index (χ3n) is 4.17. The lowest BCUT2D eigenvalue weighted by Crippen LogP contribution is -2.18. The van der Waals surface area contributed by atoms with E-state index in [4.69, 9.17) is 4.74 Å². The summed E-state index contributed by atoms with van der Waals surface area (Å²) in [5.74, 6) is 0.780. The van der Waals surface area contributed by atoms with Crippen molar-refractivity contribution < 1.29 is 9.53 Å². The molecule has 0 saturated carbocycles. The van der Waals surface area contributed by atoms with Crippen LogP contribution < -0.4 is 10.1 Å². The number of nitrogens with one attached hydrogen (secondary N) is 1. The first-order valence-corrected chi connectivity index (χ1v) is 7.57. The number of ether oxygens (including phenoxy) is 1. The van der Waals surface area contributed by atoms with Gasteiger partial charge in [0, 0.05) is 22.8 Å². The minimum Gasteiger partial charge on any atom is -0.497 e. The fourth-order valence-corrected chi connectivity index (χ4v) is 2.67. The van der Waals surface area contributed by atoms with Crippen molar-refractivity contribution in [1.29, 1.82) is 0 Å². The molecule has 1 N–H and O–H groups in total. The van der Waals surface area contributed by atoms with Crippen molar-refractivity contribution in [2.24, 2.45) is 0 Å². The molecule has 1 heterocycles. The van der Waals surface area contributed by atoms with Gasteiger partial charge in [-0.15, -0.1) is 0 Å². The Hall–Kier alpha value is -2.75. The Bertz CT molecular complexity index is 865. The Morgan fingerprint density at radius 3 is 2.78 bits per heavy atom. The normalized spacial score (nSPS) is 10.7. The standard InChI is InChI=1S/C19H20N2O2/c1-13-5-4-6-17(14(13)2)20-19(22)12-21-10-9-15-11-16(23-3)7-8-18(15)21/h4-11H,12H2,1-3H3,(H,20,22). The third kappa shape index (κ3) is 3.06. The molecular formula is C19H20N2O2. The summed E-state index contributed by atoms with van der Waals surface area (Å²) in [5, 5.41) is 4.05. The van der Waals surface area contributed by atoms with E-state index in [0.29, 0.717) is 0 Å². The van der Waals surface area contributed by atoms with Crippen LogP contribution in [0.4, 0.5) is 5.69 Å². The summed E-state index contributed by atoms with van der Waals surface area (Å²) in [5.41, 5.74) is 4.15. The van der Waals surface area contributed by atoms with Crippen LogP contribution in [0.1, 0.15) is 11.1 Å². The van der Waals surface area contributed by atoms with Gasteiger partial charge in [0.1, 0.15) is 12.3 Å². The number of benzene rings is 2. The summed E-state index contributed by atoms with van der Waals surface area (Å²) in [6, 6.07) is 13.8. The van der Waals surface area contributed by atoms with Crippen LogP contribution in [0.5, 0.6) is 5.75 Å². The van der Waals surface area contributed by atoms with Crippen molar-refractivity contribution in [2.75, 3.05) is 12.4 Å². The van der Waals surface area contributed by atoms with Crippen molar-refractivity contribution in [3.05, 3.63) is 59.8 Å².